The lowest BCUT2D eigenvalue weighted by Gasteiger charge is -2.30. The summed E-state index contributed by atoms with van der Waals surface area (Å²) >= 11 is 0. The Morgan fingerprint density at radius 3 is 2.94 bits per heavy atom. The van der Waals surface area contributed by atoms with Crippen molar-refractivity contribution < 1.29 is 9.21 Å². The number of likely N-dealkylation sites (tertiary alicyclic amines) is 1. The van der Waals surface area contributed by atoms with Gasteiger partial charge in [0, 0.05) is 6.54 Å². The Morgan fingerprint density at radius 1 is 1.50 bits per heavy atom. The molecular weight excluding hydrogens is 228 g/mol. The number of piperidine rings is 1. The summed E-state index contributed by atoms with van der Waals surface area (Å²) in [6.07, 6.45) is 6.62. The normalized spacial score (nSPS) is 17.8. The molecule has 1 aliphatic rings. The van der Waals surface area contributed by atoms with Crippen LogP contribution in [-0.4, -0.2) is 37.0 Å². The van der Waals surface area contributed by atoms with E-state index < -0.39 is 0 Å². The van der Waals surface area contributed by atoms with Crippen LogP contribution < -0.4 is 5.32 Å². The number of carbonyl (C=O) groups is 1. The SMILES string of the molecule is CC1CCN(CCCNC(=O)c2ccoc2)CC1. The Labute approximate surface area is 108 Å². The third-order valence-corrected chi connectivity index (χ3v) is 3.60. The van der Waals surface area contributed by atoms with Gasteiger partial charge in [-0.2, -0.15) is 0 Å². The minimum absolute atomic E-state index is 0.0454. The number of nitrogens with zero attached hydrogens (tertiary/aromatic N) is 1. The molecule has 1 N–H and O–H groups in total. The highest BCUT2D eigenvalue weighted by Crippen LogP contribution is 2.15. The van der Waals surface area contributed by atoms with Crippen molar-refractivity contribution in [3.8, 4) is 0 Å². The second-order valence-corrected chi connectivity index (χ2v) is 5.15. The fraction of sp³-hybridized carbons (Fsp3) is 0.643. The van der Waals surface area contributed by atoms with Crippen LogP contribution in [0.4, 0.5) is 0 Å². The highest BCUT2D eigenvalue weighted by atomic mass is 16.3. The Balaban J connectivity index is 1.57. The van der Waals surface area contributed by atoms with E-state index in [1.165, 1.54) is 38.5 Å². The molecular formula is C14H22N2O2. The highest BCUT2D eigenvalue weighted by molar-refractivity contribution is 5.93. The Kier molecular flexibility index (Phi) is 4.81. The van der Waals surface area contributed by atoms with Gasteiger partial charge in [0.2, 0.25) is 0 Å². The molecule has 4 nitrogen and oxygen atoms in total. The minimum Gasteiger partial charge on any atom is -0.472 e. The van der Waals surface area contributed by atoms with E-state index in [0.717, 1.165) is 25.4 Å². The van der Waals surface area contributed by atoms with Gasteiger partial charge >= 0.3 is 0 Å². The van der Waals surface area contributed by atoms with Crippen molar-refractivity contribution >= 4 is 5.91 Å². The predicted molar refractivity (Wildman–Crippen MR) is 70.5 cm³/mol. The van der Waals surface area contributed by atoms with Crippen LogP contribution in [0, 0.1) is 5.92 Å². The number of nitrogens with one attached hydrogen (secondary N) is 1. The number of hydrogen-bond donors (Lipinski definition) is 1. The molecule has 2 rings (SSSR count). The third kappa shape index (κ3) is 3.88. The van der Waals surface area contributed by atoms with Crippen molar-refractivity contribution in [3.05, 3.63) is 24.2 Å². The van der Waals surface area contributed by atoms with Crippen LogP contribution >= 0.6 is 0 Å². The fourth-order valence-electron chi connectivity index (χ4n) is 2.29. The molecule has 2 heterocycles. The molecule has 1 amide bonds. The zero-order valence-corrected chi connectivity index (χ0v) is 11.0. The highest BCUT2D eigenvalue weighted by Gasteiger charge is 2.14. The summed E-state index contributed by atoms with van der Waals surface area (Å²) in [5.41, 5.74) is 0.599. The molecule has 0 radical (unpaired) electrons. The lowest BCUT2D eigenvalue weighted by atomic mass is 9.99. The molecule has 0 aromatic carbocycles. The van der Waals surface area contributed by atoms with Crippen LogP contribution in [0.3, 0.4) is 0 Å². The molecule has 0 bridgehead atoms. The van der Waals surface area contributed by atoms with E-state index in [4.69, 9.17) is 4.42 Å². The first-order chi connectivity index (χ1) is 8.75. The van der Waals surface area contributed by atoms with Gasteiger partial charge in [-0.25, -0.2) is 0 Å². The van der Waals surface area contributed by atoms with Crippen LogP contribution in [0.1, 0.15) is 36.5 Å². The lowest BCUT2D eigenvalue weighted by Crippen LogP contribution is -2.35. The molecule has 1 aromatic heterocycles. The van der Waals surface area contributed by atoms with Gasteiger partial charge in [0.05, 0.1) is 11.8 Å². The summed E-state index contributed by atoms with van der Waals surface area (Å²) in [4.78, 5) is 14.1. The first-order valence-corrected chi connectivity index (χ1v) is 6.78. The molecule has 18 heavy (non-hydrogen) atoms. The standard InChI is InChI=1S/C14H22N2O2/c1-12-3-8-16(9-4-12)7-2-6-15-14(17)13-5-10-18-11-13/h5,10-12H,2-4,6-9H2,1H3,(H,15,17). The van der Waals surface area contributed by atoms with Gasteiger partial charge in [0.25, 0.3) is 5.91 Å². The monoisotopic (exact) mass is 250 g/mol. The molecule has 100 valence electrons. The van der Waals surface area contributed by atoms with E-state index in [1.807, 2.05) is 0 Å². The molecule has 0 spiro atoms. The smallest absolute Gasteiger partial charge is 0.254 e. The number of furan rings is 1. The quantitative estimate of drug-likeness (QED) is 0.814. The van der Waals surface area contributed by atoms with E-state index >= 15 is 0 Å². The van der Waals surface area contributed by atoms with Crippen LogP contribution in [0.2, 0.25) is 0 Å². The fourth-order valence-corrected chi connectivity index (χ4v) is 2.29. The zero-order valence-electron chi connectivity index (χ0n) is 11.0. The van der Waals surface area contributed by atoms with Crippen LogP contribution in [0.5, 0.6) is 0 Å². The largest absolute Gasteiger partial charge is 0.472 e. The van der Waals surface area contributed by atoms with Crippen molar-refractivity contribution in [2.45, 2.75) is 26.2 Å². The van der Waals surface area contributed by atoms with E-state index in [-0.39, 0.29) is 5.91 Å². The van der Waals surface area contributed by atoms with Crippen molar-refractivity contribution in [1.29, 1.82) is 0 Å². The lowest BCUT2D eigenvalue weighted by molar-refractivity contribution is 0.0950. The van der Waals surface area contributed by atoms with Crippen molar-refractivity contribution in [3.63, 3.8) is 0 Å². The van der Waals surface area contributed by atoms with E-state index in [9.17, 15) is 4.79 Å². The maximum atomic E-state index is 11.6. The molecule has 0 saturated carbocycles. The van der Waals surface area contributed by atoms with Crippen LogP contribution in [0.25, 0.3) is 0 Å². The van der Waals surface area contributed by atoms with E-state index in [1.54, 1.807) is 6.07 Å². The molecule has 0 unspecified atom stereocenters. The average molecular weight is 250 g/mol. The molecule has 0 aliphatic carbocycles. The van der Waals surface area contributed by atoms with Crippen LogP contribution in [0.15, 0.2) is 23.0 Å². The Hall–Kier alpha value is -1.29. The number of carbonyl (C=O) groups excluding carboxylic acids is 1. The van der Waals surface area contributed by atoms with Gasteiger partial charge < -0.3 is 14.6 Å². The molecule has 1 fully saturated rings. The van der Waals surface area contributed by atoms with Gasteiger partial charge in [0.1, 0.15) is 6.26 Å². The Bertz CT molecular complexity index is 354. The minimum atomic E-state index is -0.0454. The van der Waals surface area contributed by atoms with Gasteiger partial charge in [-0.15, -0.1) is 0 Å². The maximum absolute atomic E-state index is 11.6. The van der Waals surface area contributed by atoms with E-state index in [2.05, 4.69) is 17.1 Å². The summed E-state index contributed by atoms with van der Waals surface area (Å²) in [5, 5.41) is 2.91. The predicted octanol–water partition coefficient (Wildman–Crippen LogP) is 2.13. The number of amides is 1. The molecule has 1 aliphatic heterocycles. The third-order valence-electron chi connectivity index (χ3n) is 3.60. The summed E-state index contributed by atoms with van der Waals surface area (Å²) in [6.45, 7) is 6.55. The second-order valence-electron chi connectivity index (χ2n) is 5.15. The average Bonchev–Trinajstić information content (AvgIpc) is 2.90. The van der Waals surface area contributed by atoms with E-state index in [0.29, 0.717) is 5.56 Å². The summed E-state index contributed by atoms with van der Waals surface area (Å²) < 4.78 is 4.88. The summed E-state index contributed by atoms with van der Waals surface area (Å²) in [6, 6.07) is 1.68. The number of hydrogen-bond acceptors (Lipinski definition) is 3. The molecule has 1 aromatic rings. The maximum Gasteiger partial charge on any atom is 0.254 e. The van der Waals surface area contributed by atoms with Crippen molar-refractivity contribution in [2.75, 3.05) is 26.2 Å². The topological polar surface area (TPSA) is 45.5 Å². The van der Waals surface area contributed by atoms with Gasteiger partial charge in [-0.1, -0.05) is 6.92 Å². The van der Waals surface area contributed by atoms with Crippen molar-refractivity contribution in [2.24, 2.45) is 5.92 Å². The summed E-state index contributed by atoms with van der Waals surface area (Å²) in [5.74, 6) is 0.832. The van der Waals surface area contributed by atoms with Crippen molar-refractivity contribution in [1.82, 2.24) is 10.2 Å². The first-order valence-electron chi connectivity index (χ1n) is 6.78. The van der Waals surface area contributed by atoms with Gasteiger partial charge in [-0.3, -0.25) is 4.79 Å². The Morgan fingerprint density at radius 2 is 2.28 bits per heavy atom. The van der Waals surface area contributed by atoms with Gasteiger partial charge in [0.15, 0.2) is 0 Å². The zero-order chi connectivity index (χ0) is 12.8. The molecule has 1 saturated heterocycles. The van der Waals surface area contributed by atoms with Gasteiger partial charge in [-0.05, 0) is 50.9 Å². The summed E-state index contributed by atoms with van der Waals surface area (Å²) in [7, 11) is 0. The van der Waals surface area contributed by atoms with Crippen LogP contribution in [-0.2, 0) is 0 Å². The molecule has 4 heteroatoms. The number of rotatable bonds is 5. The molecule has 0 atom stereocenters. The first kappa shape index (κ1) is 13.1. The second kappa shape index (κ2) is 6.59.